The lowest BCUT2D eigenvalue weighted by atomic mass is 10.2. The predicted octanol–water partition coefficient (Wildman–Crippen LogP) is 3.19. The van der Waals surface area contributed by atoms with Crippen molar-refractivity contribution in [3.63, 3.8) is 0 Å². The third-order valence-corrected chi connectivity index (χ3v) is 7.81. The molecule has 2 heterocycles. The van der Waals surface area contributed by atoms with Crippen LogP contribution in [0.2, 0.25) is 0 Å². The monoisotopic (exact) mass is 472 g/mol. The Bertz CT molecular complexity index is 1200. The molecule has 1 amide bonds. The second-order valence-electron chi connectivity index (χ2n) is 7.32. The van der Waals surface area contributed by atoms with Crippen LogP contribution in [0.3, 0.4) is 0 Å². The van der Waals surface area contributed by atoms with Gasteiger partial charge in [-0.15, -0.1) is 11.3 Å². The van der Waals surface area contributed by atoms with E-state index in [2.05, 4.69) is 15.6 Å². The van der Waals surface area contributed by atoms with E-state index in [1.54, 1.807) is 23.5 Å². The summed E-state index contributed by atoms with van der Waals surface area (Å²) >= 11 is 1.57. The van der Waals surface area contributed by atoms with Gasteiger partial charge in [0, 0.05) is 41.1 Å². The first-order valence-electron chi connectivity index (χ1n) is 10.2. The Labute approximate surface area is 191 Å². The SMILES string of the molecule is Cc1csc(-c2cccc(NCC(=O)Nc3cccc(S(=O)(=O)N4CCOCC4)c3)c2)n1. The molecule has 0 spiro atoms. The van der Waals surface area contributed by atoms with Gasteiger partial charge in [-0.1, -0.05) is 18.2 Å². The Kier molecular flexibility index (Phi) is 6.85. The number of aryl methyl sites for hydroxylation is 1. The van der Waals surface area contributed by atoms with Crippen LogP contribution in [0.15, 0.2) is 58.8 Å². The minimum Gasteiger partial charge on any atom is -0.379 e. The Balaban J connectivity index is 1.38. The molecule has 0 saturated carbocycles. The molecule has 32 heavy (non-hydrogen) atoms. The number of aromatic nitrogens is 1. The zero-order valence-electron chi connectivity index (χ0n) is 17.6. The molecule has 0 aliphatic carbocycles. The average Bonchev–Trinajstić information content (AvgIpc) is 3.25. The lowest BCUT2D eigenvalue weighted by Gasteiger charge is -2.26. The fraction of sp³-hybridized carbons (Fsp3) is 0.273. The van der Waals surface area contributed by atoms with Crippen LogP contribution in [0.4, 0.5) is 11.4 Å². The van der Waals surface area contributed by atoms with Crippen LogP contribution in [0.1, 0.15) is 5.69 Å². The number of carbonyl (C=O) groups is 1. The van der Waals surface area contributed by atoms with Crippen molar-refractivity contribution in [1.82, 2.24) is 9.29 Å². The van der Waals surface area contributed by atoms with Crippen LogP contribution in [0.5, 0.6) is 0 Å². The summed E-state index contributed by atoms with van der Waals surface area (Å²) in [5.74, 6) is -0.276. The zero-order valence-corrected chi connectivity index (χ0v) is 19.2. The summed E-state index contributed by atoms with van der Waals surface area (Å²) in [7, 11) is -3.62. The number of nitrogens with zero attached hydrogens (tertiary/aromatic N) is 2. The fourth-order valence-corrected chi connectivity index (χ4v) is 5.56. The molecule has 1 fully saturated rings. The number of hydrogen-bond donors (Lipinski definition) is 2. The highest BCUT2D eigenvalue weighted by Gasteiger charge is 2.26. The van der Waals surface area contributed by atoms with E-state index in [1.807, 2.05) is 36.6 Å². The Morgan fingerprint density at radius 2 is 1.88 bits per heavy atom. The third-order valence-electron chi connectivity index (χ3n) is 4.91. The van der Waals surface area contributed by atoms with E-state index in [9.17, 15) is 13.2 Å². The molecule has 1 aliphatic rings. The van der Waals surface area contributed by atoms with E-state index in [-0.39, 0.29) is 17.3 Å². The number of anilines is 2. The topological polar surface area (TPSA) is 101 Å². The van der Waals surface area contributed by atoms with Crippen molar-refractivity contribution < 1.29 is 17.9 Å². The Morgan fingerprint density at radius 3 is 2.62 bits per heavy atom. The largest absolute Gasteiger partial charge is 0.379 e. The van der Waals surface area contributed by atoms with Crippen molar-refractivity contribution in [2.24, 2.45) is 0 Å². The zero-order chi connectivity index (χ0) is 22.6. The summed E-state index contributed by atoms with van der Waals surface area (Å²) in [5, 5.41) is 8.78. The van der Waals surface area contributed by atoms with E-state index in [0.29, 0.717) is 32.0 Å². The number of sulfonamides is 1. The van der Waals surface area contributed by atoms with E-state index in [1.165, 1.54) is 16.4 Å². The summed E-state index contributed by atoms with van der Waals surface area (Å²) in [6.45, 7) is 3.40. The highest BCUT2D eigenvalue weighted by Crippen LogP contribution is 2.26. The summed E-state index contributed by atoms with van der Waals surface area (Å²) in [6, 6.07) is 14.0. The number of rotatable bonds is 7. The molecule has 168 valence electrons. The van der Waals surface area contributed by atoms with Gasteiger partial charge < -0.3 is 15.4 Å². The highest BCUT2D eigenvalue weighted by molar-refractivity contribution is 7.89. The van der Waals surface area contributed by atoms with E-state index in [0.717, 1.165) is 22.0 Å². The van der Waals surface area contributed by atoms with Gasteiger partial charge in [-0.25, -0.2) is 13.4 Å². The molecular formula is C22H24N4O4S2. The van der Waals surface area contributed by atoms with Gasteiger partial charge in [-0.05, 0) is 37.3 Å². The van der Waals surface area contributed by atoms with Crippen molar-refractivity contribution >= 4 is 38.6 Å². The van der Waals surface area contributed by atoms with Crippen LogP contribution in [-0.2, 0) is 19.6 Å². The van der Waals surface area contributed by atoms with Crippen LogP contribution in [0.25, 0.3) is 10.6 Å². The summed E-state index contributed by atoms with van der Waals surface area (Å²) in [6.07, 6.45) is 0. The number of carbonyl (C=O) groups excluding carboxylic acids is 1. The summed E-state index contributed by atoms with van der Waals surface area (Å²) in [5.41, 5.74) is 3.18. The van der Waals surface area contributed by atoms with Crippen LogP contribution in [0, 0.1) is 6.92 Å². The summed E-state index contributed by atoms with van der Waals surface area (Å²) < 4.78 is 32.3. The minimum atomic E-state index is -3.62. The molecule has 0 bridgehead atoms. The van der Waals surface area contributed by atoms with Crippen molar-refractivity contribution in [3.8, 4) is 10.6 Å². The molecular weight excluding hydrogens is 448 g/mol. The molecule has 1 aliphatic heterocycles. The molecule has 0 unspecified atom stereocenters. The van der Waals surface area contributed by atoms with Gasteiger partial charge in [0.15, 0.2) is 0 Å². The van der Waals surface area contributed by atoms with Gasteiger partial charge >= 0.3 is 0 Å². The Hall–Kier alpha value is -2.79. The van der Waals surface area contributed by atoms with E-state index in [4.69, 9.17) is 4.74 Å². The van der Waals surface area contributed by atoms with Gasteiger partial charge in [0.25, 0.3) is 0 Å². The lowest BCUT2D eigenvalue weighted by Crippen LogP contribution is -2.40. The second-order valence-corrected chi connectivity index (χ2v) is 10.1. The van der Waals surface area contributed by atoms with Crippen molar-refractivity contribution in [3.05, 3.63) is 59.6 Å². The number of ether oxygens (including phenoxy) is 1. The maximum Gasteiger partial charge on any atom is 0.243 e. The van der Waals surface area contributed by atoms with Crippen LogP contribution in [-0.4, -0.2) is 56.5 Å². The molecule has 4 rings (SSSR count). The smallest absolute Gasteiger partial charge is 0.243 e. The summed E-state index contributed by atoms with van der Waals surface area (Å²) in [4.78, 5) is 17.1. The van der Waals surface area contributed by atoms with Gasteiger partial charge in [0.1, 0.15) is 5.01 Å². The van der Waals surface area contributed by atoms with Gasteiger partial charge in [-0.2, -0.15) is 4.31 Å². The first-order chi connectivity index (χ1) is 15.4. The fourth-order valence-electron chi connectivity index (χ4n) is 3.31. The average molecular weight is 473 g/mol. The van der Waals surface area contributed by atoms with Crippen LogP contribution < -0.4 is 10.6 Å². The minimum absolute atomic E-state index is 0.0425. The van der Waals surface area contributed by atoms with Crippen LogP contribution >= 0.6 is 11.3 Å². The molecule has 3 aromatic rings. The first-order valence-corrected chi connectivity index (χ1v) is 12.5. The first kappa shape index (κ1) is 22.4. The standard InChI is InChI=1S/C22H24N4O4S2/c1-16-15-31-22(24-16)17-4-2-5-18(12-17)23-14-21(27)25-19-6-3-7-20(13-19)32(28,29)26-8-10-30-11-9-26/h2-7,12-13,15,23H,8-11,14H2,1H3,(H,25,27). The second kappa shape index (κ2) is 9.78. The number of amides is 1. The molecule has 0 radical (unpaired) electrons. The highest BCUT2D eigenvalue weighted by atomic mass is 32.2. The number of morpholine rings is 1. The van der Waals surface area contributed by atoms with Gasteiger partial charge in [0.05, 0.1) is 24.7 Å². The van der Waals surface area contributed by atoms with Crippen molar-refractivity contribution in [2.45, 2.75) is 11.8 Å². The quantitative estimate of drug-likeness (QED) is 0.548. The number of nitrogens with one attached hydrogen (secondary N) is 2. The number of hydrogen-bond acceptors (Lipinski definition) is 7. The number of thiazole rings is 1. The normalized spacial score (nSPS) is 14.8. The number of benzene rings is 2. The van der Waals surface area contributed by atoms with Gasteiger partial charge in [-0.3, -0.25) is 4.79 Å². The van der Waals surface area contributed by atoms with Crippen molar-refractivity contribution in [1.29, 1.82) is 0 Å². The maximum atomic E-state index is 12.8. The maximum absolute atomic E-state index is 12.8. The van der Waals surface area contributed by atoms with Gasteiger partial charge in [0.2, 0.25) is 15.9 Å². The molecule has 8 nitrogen and oxygen atoms in total. The lowest BCUT2D eigenvalue weighted by molar-refractivity contribution is -0.114. The van der Waals surface area contributed by atoms with Crippen molar-refractivity contribution in [2.75, 3.05) is 43.5 Å². The van der Waals surface area contributed by atoms with E-state index >= 15 is 0 Å². The molecule has 2 aromatic carbocycles. The Morgan fingerprint density at radius 1 is 1.12 bits per heavy atom. The molecule has 0 atom stereocenters. The van der Waals surface area contributed by atoms with E-state index < -0.39 is 10.0 Å². The molecule has 1 saturated heterocycles. The molecule has 2 N–H and O–H groups in total. The predicted molar refractivity (Wildman–Crippen MR) is 125 cm³/mol. The molecule has 10 heteroatoms. The third kappa shape index (κ3) is 5.33. The molecule has 1 aromatic heterocycles.